The summed E-state index contributed by atoms with van der Waals surface area (Å²) in [6.45, 7) is 0. The van der Waals surface area contributed by atoms with Gasteiger partial charge >= 0.3 is 0 Å². The standard InChI is InChI=1S/C15H11ClN4O/c16-15(9-1-3-11-13(5-9)19-7-17-11)21-10-2-4-12-14(6-10)20-8-18-12/h1-8,15H,(H,17,19)(H,18,20). The van der Waals surface area contributed by atoms with E-state index in [2.05, 4.69) is 19.9 Å². The normalized spacial score (nSPS) is 12.8. The van der Waals surface area contributed by atoms with Crippen LogP contribution in [-0.4, -0.2) is 19.9 Å². The summed E-state index contributed by atoms with van der Waals surface area (Å²) >= 11 is 6.35. The molecule has 21 heavy (non-hydrogen) atoms. The Labute approximate surface area is 124 Å². The number of aromatic nitrogens is 4. The Morgan fingerprint density at radius 2 is 1.57 bits per heavy atom. The molecule has 4 aromatic rings. The van der Waals surface area contributed by atoms with E-state index in [0.29, 0.717) is 5.75 Å². The number of rotatable bonds is 3. The molecule has 0 saturated carbocycles. The first-order chi connectivity index (χ1) is 10.3. The molecule has 0 aliphatic heterocycles. The van der Waals surface area contributed by atoms with Crippen LogP contribution in [0, 0.1) is 0 Å². The van der Waals surface area contributed by atoms with Gasteiger partial charge in [-0.1, -0.05) is 17.7 Å². The largest absolute Gasteiger partial charge is 0.470 e. The Hall–Kier alpha value is -2.53. The lowest BCUT2D eigenvalue weighted by Crippen LogP contribution is -2.00. The average molecular weight is 299 g/mol. The Morgan fingerprint density at radius 1 is 0.905 bits per heavy atom. The van der Waals surface area contributed by atoms with Gasteiger partial charge in [-0.25, -0.2) is 9.97 Å². The third-order valence-electron chi connectivity index (χ3n) is 3.34. The number of halogens is 1. The van der Waals surface area contributed by atoms with Crippen molar-refractivity contribution >= 4 is 33.7 Å². The van der Waals surface area contributed by atoms with Crippen LogP contribution >= 0.6 is 11.6 Å². The summed E-state index contributed by atoms with van der Waals surface area (Å²) in [6, 6.07) is 11.4. The lowest BCUT2D eigenvalue weighted by Gasteiger charge is -2.13. The fourth-order valence-corrected chi connectivity index (χ4v) is 2.51. The summed E-state index contributed by atoms with van der Waals surface area (Å²) in [4.78, 5) is 14.5. The molecule has 1 unspecified atom stereocenters. The van der Waals surface area contributed by atoms with Crippen molar-refractivity contribution in [3.63, 3.8) is 0 Å². The van der Waals surface area contributed by atoms with E-state index >= 15 is 0 Å². The van der Waals surface area contributed by atoms with Crippen LogP contribution in [0.1, 0.15) is 11.1 Å². The van der Waals surface area contributed by atoms with Crippen LogP contribution in [0.4, 0.5) is 0 Å². The molecule has 0 aliphatic carbocycles. The van der Waals surface area contributed by atoms with E-state index in [-0.39, 0.29) is 0 Å². The molecule has 1 atom stereocenters. The summed E-state index contributed by atoms with van der Waals surface area (Å²) in [7, 11) is 0. The molecule has 0 radical (unpaired) electrons. The topological polar surface area (TPSA) is 66.6 Å². The zero-order valence-electron chi connectivity index (χ0n) is 10.9. The Bertz CT molecular complexity index is 914. The number of benzene rings is 2. The van der Waals surface area contributed by atoms with E-state index in [1.165, 1.54) is 0 Å². The minimum Gasteiger partial charge on any atom is -0.470 e. The summed E-state index contributed by atoms with van der Waals surface area (Å²) in [5, 5.41) is 0. The van der Waals surface area contributed by atoms with Crippen LogP contribution in [0.2, 0.25) is 0 Å². The second-order valence-electron chi connectivity index (χ2n) is 4.69. The second-order valence-corrected chi connectivity index (χ2v) is 5.09. The molecular formula is C15H11ClN4O. The van der Waals surface area contributed by atoms with Gasteiger partial charge in [0.15, 0.2) is 5.56 Å². The summed E-state index contributed by atoms with van der Waals surface area (Å²) < 4.78 is 5.79. The molecule has 0 bridgehead atoms. The van der Waals surface area contributed by atoms with Crippen LogP contribution in [0.3, 0.4) is 0 Å². The molecule has 4 rings (SSSR count). The van der Waals surface area contributed by atoms with Crippen molar-refractivity contribution in [3.05, 3.63) is 54.6 Å². The molecule has 0 saturated heterocycles. The second kappa shape index (κ2) is 4.79. The number of alkyl halides is 1. The first-order valence-corrected chi connectivity index (χ1v) is 6.90. The van der Waals surface area contributed by atoms with Crippen molar-refractivity contribution in [3.8, 4) is 5.75 Å². The number of H-pyrrole nitrogens is 2. The van der Waals surface area contributed by atoms with Gasteiger partial charge in [0.05, 0.1) is 34.7 Å². The van der Waals surface area contributed by atoms with Crippen LogP contribution in [0.5, 0.6) is 5.75 Å². The maximum atomic E-state index is 6.35. The molecule has 104 valence electrons. The third kappa shape index (κ3) is 2.21. The monoisotopic (exact) mass is 298 g/mol. The fourth-order valence-electron chi connectivity index (χ4n) is 2.27. The smallest absolute Gasteiger partial charge is 0.197 e. The summed E-state index contributed by atoms with van der Waals surface area (Å²) in [6.07, 6.45) is 3.31. The van der Waals surface area contributed by atoms with Gasteiger partial charge in [-0.15, -0.1) is 0 Å². The predicted molar refractivity (Wildman–Crippen MR) is 81.4 cm³/mol. The molecule has 0 aliphatic rings. The van der Waals surface area contributed by atoms with Gasteiger partial charge in [0, 0.05) is 11.6 Å². The van der Waals surface area contributed by atoms with Gasteiger partial charge in [0.2, 0.25) is 0 Å². The molecule has 6 heteroatoms. The molecule has 0 amide bonds. The molecule has 2 aromatic carbocycles. The highest BCUT2D eigenvalue weighted by molar-refractivity contribution is 6.20. The maximum absolute atomic E-state index is 6.35. The highest BCUT2D eigenvalue weighted by atomic mass is 35.5. The van der Waals surface area contributed by atoms with E-state index in [4.69, 9.17) is 16.3 Å². The lowest BCUT2D eigenvalue weighted by atomic mass is 10.2. The van der Waals surface area contributed by atoms with E-state index in [1.807, 2.05) is 36.4 Å². The number of fused-ring (bicyclic) bond motifs is 2. The number of hydrogen-bond donors (Lipinski definition) is 2. The number of ether oxygens (including phenoxy) is 1. The molecular weight excluding hydrogens is 288 g/mol. The zero-order valence-corrected chi connectivity index (χ0v) is 11.6. The molecule has 2 aromatic heterocycles. The summed E-state index contributed by atoms with van der Waals surface area (Å²) in [5.74, 6) is 0.691. The number of hydrogen-bond acceptors (Lipinski definition) is 3. The van der Waals surface area contributed by atoms with Crippen molar-refractivity contribution in [2.75, 3.05) is 0 Å². The average Bonchev–Trinajstić information content (AvgIpc) is 3.14. The van der Waals surface area contributed by atoms with Crippen LogP contribution in [0.25, 0.3) is 22.1 Å². The lowest BCUT2D eigenvalue weighted by molar-refractivity contribution is 0.289. The van der Waals surface area contributed by atoms with Crippen LogP contribution < -0.4 is 4.74 Å². The predicted octanol–water partition coefficient (Wildman–Crippen LogP) is 3.76. The van der Waals surface area contributed by atoms with Gasteiger partial charge in [0.1, 0.15) is 5.75 Å². The summed E-state index contributed by atoms with van der Waals surface area (Å²) in [5.41, 5.74) is 3.95. The van der Waals surface area contributed by atoms with Gasteiger partial charge in [-0.05, 0) is 24.3 Å². The number of nitrogens with zero attached hydrogens (tertiary/aromatic N) is 2. The van der Waals surface area contributed by atoms with Crippen molar-refractivity contribution in [1.82, 2.24) is 19.9 Å². The van der Waals surface area contributed by atoms with Gasteiger partial charge in [-0.3, -0.25) is 0 Å². The van der Waals surface area contributed by atoms with Gasteiger partial charge in [0.25, 0.3) is 0 Å². The highest BCUT2D eigenvalue weighted by Gasteiger charge is 2.11. The maximum Gasteiger partial charge on any atom is 0.197 e. The minimum absolute atomic E-state index is 0.571. The molecule has 5 nitrogen and oxygen atoms in total. The minimum atomic E-state index is -0.571. The SMILES string of the molecule is ClC(Oc1ccc2nc[nH]c2c1)c1ccc2nc[nH]c2c1. The first kappa shape index (κ1) is 12.2. The first-order valence-electron chi connectivity index (χ1n) is 6.46. The molecule has 0 spiro atoms. The van der Waals surface area contributed by atoms with E-state index in [0.717, 1.165) is 27.6 Å². The molecule has 2 N–H and O–H groups in total. The quantitative estimate of drug-likeness (QED) is 0.566. The van der Waals surface area contributed by atoms with Crippen molar-refractivity contribution in [2.45, 2.75) is 5.56 Å². The fraction of sp³-hybridized carbons (Fsp3) is 0.0667. The Kier molecular flexibility index (Phi) is 2.79. The van der Waals surface area contributed by atoms with E-state index in [9.17, 15) is 0 Å². The van der Waals surface area contributed by atoms with Crippen LogP contribution in [-0.2, 0) is 0 Å². The highest BCUT2D eigenvalue weighted by Crippen LogP contribution is 2.28. The number of imidazole rings is 2. The van der Waals surface area contributed by atoms with E-state index < -0.39 is 5.56 Å². The Morgan fingerprint density at radius 3 is 2.33 bits per heavy atom. The van der Waals surface area contributed by atoms with Crippen molar-refractivity contribution in [2.24, 2.45) is 0 Å². The van der Waals surface area contributed by atoms with E-state index in [1.54, 1.807) is 12.7 Å². The van der Waals surface area contributed by atoms with Crippen LogP contribution in [0.15, 0.2) is 49.1 Å². The number of nitrogens with one attached hydrogen (secondary N) is 2. The molecule has 2 heterocycles. The third-order valence-corrected chi connectivity index (χ3v) is 3.68. The van der Waals surface area contributed by atoms with Crippen molar-refractivity contribution in [1.29, 1.82) is 0 Å². The van der Waals surface area contributed by atoms with Crippen molar-refractivity contribution < 1.29 is 4.74 Å². The molecule has 0 fully saturated rings. The van der Waals surface area contributed by atoms with Gasteiger partial charge < -0.3 is 14.7 Å². The Balaban J connectivity index is 1.62. The zero-order chi connectivity index (χ0) is 14.2. The van der Waals surface area contributed by atoms with Gasteiger partial charge in [-0.2, -0.15) is 0 Å². The number of aromatic amines is 2.